The molecule has 2 nitrogen and oxygen atoms in total. The molecule has 1 fully saturated rings. The largest absolute Gasteiger partial charge is 0.305 e. The summed E-state index contributed by atoms with van der Waals surface area (Å²) >= 11 is 6.16. The number of benzene rings is 1. The second-order valence-corrected chi connectivity index (χ2v) is 5.57. The summed E-state index contributed by atoms with van der Waals surface area (Å²) in [4.78, 5) is 2.52. The van der Waals surface area contributed by atoms with Gasteiger partial charge in [0.15, 0.2) is 0 Å². The molecular formula is C15H23ClN2. The first-order chi connectivity index (χ1) is 8.74. The Bertz CT molecular complexity index is 349. The van der Waals surface area contributed by atoms with Gasteiger partial charge in [0.25, 0.3) is 0 Å². The molecule has 0 aromatic heterocycles. The number of halogens is 1. The van der Waals surface area contributed by atoms with Crippen molar-refractivity contribution >= 4 is 11.6 Å². The van der Waals surface area contributed by atoms with Gasteiger partial charge in [-0.1, -0.05) is 30.3 Å². The molecule has 1 aromatic carbocycles. The fourth-order valence-corrected chi connectivity index (χ4v) is 2.78. The monoisotopic (exact) mass is 266 g/mol. The van der Waals surface area contributed by atoms with E-state index in [1.165, 1.54) is 31.5 Å². The Kier molecular flexibility index (Phi) is 5.04. The lowest BCUT2D eigenvalue weighted by molar-refractivity contribution is 0.307. The number of alkyl halides is 1. The molecule has 0 aliphatic carbocycles. The van der Waals surface area contributed by atoms with E-state index in [0.717, 1.165) is 13.1 Å². The molecule has 1 heterocycles. The zero-order valence-corrected chi connectivity index (χ0v) is 11.9. The van der Waals surface area contributed by atoms with E-state index < -0.39 is 0 Å². The van der Waals surface area contributed by atoms with E-state index in [1.807, 2.05) is 6.07 Å². The van der Waals surface area contributed by atoms with E-state index in [2.05, 4.69) is 41.4 Å². The Morgan fingerprint density at radius 1 is 1.22 bits per heavy atom. The minimum Gasteiger partial charge on any atom is -0.305 e. The number of nitrogens with zero attached hydrogens (tertiary/aromatic N) is 1. The summed E-state index contributed by atoms with van der Waals surface area (Å²) in [6.07, 6.45) is 2.71. The maximum absolute atomic E-state index is 6.16. The average Bonchev–Trinajstić information content (AvgIpc) is 2.93. The Hall–Kier alpha value is -0.570. The second kappa shape index (κ2) is 6.55. The third-order valence-electron chi connectivity index (χ3n) is 3.82. The summed E-state index contributed by atoms with van der Waals surface area (Å²) in [6, 6.07) is 10.5. The van der Waals surface area contributed by atoms with Gasteiger partial charge in [-0.05, 0) is 38.4 Å². The molecule has 1 aliphatic heterocycles. The fraction of sp³-hybridized carbons (Fsp3) is 0.600. The van der Waals surface area contributed by atoms with Crippen LogP contribution in [0.15, 0.2) is 30.3 Å². The van der Waals surface area contributed by atoms with Crippen LogP contribution in [0.25, 0.3) is 0 Å². The maximum atomic E-state index is 6.16. The van der Waals surface area contributed by atoms with Gasteiger partial charge in [0, 0.05) is 19.0 Å². The highest BCUT2D eigenvalue weighted by atomic mass is 35.5. The molecule has 0 amide bonds. The van der Waals surface area contributed by atoms with E-state index in [4.69, 9.17) is 11.6 Å². The second-order valence-electron chi connectivity index (χ2n) is 5.31. The Labute approximate surface area is 115 Å². The molecule has 2 rings (SSSR count). The average molecular weight is 267 g/mol. The summed E-state index contributed by atoms with van der Waals surface area (Å²) in [7, 11) is 0. The van der Waals surface area contributed by atoms with Gasteiger partial charge in [-0.3, -0.25) is 0 Å². The lowest BCUT2D eigenvalue weighted by atomic mass is 9.94. The Morgan fingerprint density at radius 2 is 1.89 bits per heavy atom. The normalized spacial score (nSPS) is 19.9. The highest BCUT2D eigenvalue weighted by molar-refractivity contribution is 6.18. The van der Waals surface area contributed by atoms with Crippen LogP contribution in [-0.4, -0.2) is 37.0 Å². The van der Waals surface area contributed by atoms with E-state index >= 15 is 0 Å². The molecule has 0 saturated carbocycles. The minimum absolute atomic E-state index is 0.122. The summed E-state index contributed by atoms with van der Waals surface area (Å²) in [5, 5.41) is 3.62. The summed E-state index contributed by atoms with van der Waals surface area (Å²) in [5.41, 5.74) is 1.14. The topological polar surface area (TPSA) is 15.3 Å². The lowest BCUT2D eigenvalue weighted by Crippen LogP contribution is -2.44. The molecule has 100 valence electrons. The lowest BCUT2D eigenvalue weighted by Gasteiger charge is -2.30. The molecule has 3 heteroatoms. The van der Waals surface area contributed by atoms with Crippen LogP contribution < -0.4 is 5.32 Å². The molecule has 0 radical (unpaired) electrons. The van der Waals surface area contributed by atoms with Crippen molar-refractivity contribution in [2.75, 3.05) is 32.1 Å². The molecule has 1 aromatic rings. The fourth-order valence-electron chi connectivity index (χ4n) is 2.53. The van der Waals surface area contributed by atoms with Gasteiger partial charge in [-0.25, -0.2) is 0 Å². The smallest absolute Gasteiger partial charge is 0.0543 e. The highest BCUT2D eigenvalue weighted by Crippen LogP contribution is 2.21. The van der Waals surface area contributed by atoms with Gasteiger partial charge in [-0.2, -0.15) is 0 Å². The van der Waals surface area contributed by atoms with Crippen molar-refractivity contribution in [1.82, 2.24) is 10.2 Å². The van der Waals surface area contributed by atoms with Crippen LogP contribution in [0.3, 0.4) is 0 Å². The standard InChI is InChI=1S/C15H23ClN2/c1-15(13-16,14-7-3-2-4-8-14)17-9-12-18-10-5-6-11-18/h2-4,7-8,17H,5-6,9-13H2,1H3. The minimum atomic E-state index is -0.122. The van der Waals surface area contributed by atoms with Crippen LogP contribution in [0.4, 0.5) is 0 Å². The van der Waals surface area contributed by atoms with E-state index in [1.54, 1.807) is 0 Å². The molecule has 18 heavy (non-hydrogen) atoms. The van der Waals surface area contributed by atoms with Gasteiger partial charge in [0.2, 0.25) is 0 Å². The zero-order valence-electron chi connectivity index (χ0n) is 11.2. The van der Waals surface area contributed by atoms with Crippen molar-refractivity contribution in [3.05, 3.63) is 35.9 Å². The zero-order chi connectivity index (χ0) is 12.8. The predicted octanol–water partition coefficient (Wildman–Crippen LogP) is 2.83. The first-order valence-corrected chi connectivity index (χ1v) is 7.37. The molecular weight excluding hydrogens is 244 g/mol. The molecule has 1 saturated heterocycles. The van der Waals surface area contributed by atoms with Crippen molar-refractivity contribution in [1.29, 1.82) is 0 Å². The van der Waals surface area contributed by atoms with E-state index in [-0.39, 0.29) is 5.54 Å². The van der Waals surface area contributed by atoms with E-state index in [0.29, 0.717) is 5.88 Å². The molecule has 1 atom stereocenters. The van der Waals surface area contributed by atoms with Crippen molar-refractivity contribution in [2.24, 2.45) is 0 Å². The molecule has 1 unspecified atom stereocenters. The van der Waals surface area contributed by atoms with Crippen LogP contribution in [-0.2, 0) is 5.54 Å². The van der Waals surface area contributed by atoms with Gasteiger partial charge in [0.05, 0.1) is 5.54 Å². The van der Waals surface area contributed by atoms with Gasteiger partial charge >= 0.3 is 0 Å². The first-order valence-electron chi connectivity index (χ1n) is 6.83. The third kappa shape index (κ3) is 3.47. The number of rotatable bonds is 6. The van der Waals surface area contributed by atoms with Crippen LogP contribution in [0.2, 0.25) is 0 Å². The number of likely N-dealkylation sites (tertiary alicyclic amines) is 1. The van der Waals surface area contributed by atoms with Crippen molar-refractivity contribution in [3.8, 4) is 0 Å². The van der Waals surface area contributed by atoms with Crippen LogP contribution in [0.1, 0.15) is 25.3 Å². The quantitative estimate of drug-likeness (QED) is 0.797. The van der Waals surface area contributed by atoms with Gasteiger partial charge < -0.3 is 10.2 Å². The Balaban J connectivity index is 1.87. The van der Waals surface area contributed by atoms with Crippen LogP contribution in [0, 0.1) is 0 Å². The molecule has 1 aliphatic rings. The Morgan fingerprint density at radius 3 is 2.50 bits per heavy atom. The predicted molar refractivity (Wildman–Crippen MR) is 78.2 cm³/mol. The maximum Gasteiger partial charge on any atom is 0.0543 e. The molecule has 1 N–H and O–H groups in total. The molecule has 0 spiro atoms. The number of hydrogen-bond donors (Lipinski definition) is 1. The highest BCUT2D eigenvalue weighted by Gasteiger charge is 2.24. The summed E-state index contributed by atoms with van der Waals surface area (Å²) < 4.78 is 0. The summed E-state index contributed by atoms with van der Waals surface area (Å²) in [6.45, 7) is 6.81. The van der Waals surface area contributed by atoms with Gasteiger partial charge in [-0.15, -0.1) is 11.6 Å². The van der Waals surface area contributed by atoms with Gasteiger partial charge in [0.1, 0.15) is 0 Å². The van der Waals surface area contributed by atoms with Crippen LogP contribution in [0.5, 0.6) is 0 Å². The van der Waals surface area contributed by atoms with Crippen molar-refractivity contribution in [3.63, 3.8) is 0 Å². The third-order valence-corrected chi connectivity index (χ3v) is 4.35. The van der Waals surface area contributed by atoms with Crippen molar-refractivity contribution in [2.45, 2.75) is 25.3 Å². The first kappa shape index (κ1) is 13.9. The van der Waals surface area contributed by atoms with Crippen LogP contribution >= 0.6 is 11.6 Å². The number of nitrogens with one attached hydrogen (secondary N) is 1. The number of hydrogen-bond acceptors (Lipinski definition) is 2. The summed E-state index contributed by atoms with van der Waals surface area (Å²) in [5.74, 6) is 0.594. The van der Waals surface area contributed by atoms with E-state index in [9.17, 15) is 0 Å². The SMILES string of the molecule is CC(CCl)(NCCN1CCCC1)c1ccccc1. The molecule has 0 bridgehead atoms. The van der Waals surface area contributed by atoms with Crippen molar-refractivity contribution < 1.29 is 0 Å².